The van der Waals surface area contributed by atoms with Crippen molar-refractivity contribution in [3.05, 3.63) is 62.8 Å². The first-order valence-corrected chi connectivity index (χ1v) is 7.36. The van der Waals surface area contributed by atoms with Gasteiger partial charge in [0.15, 0.2) is 6.61 Å². The van der Waals surface area contributed by atoms with Crippen LogP contribution in [0.2, 0.25) is 0 Å². The fraction of sp³-hybridized carbons (Fsp3) is 0.0667. The number of anilines is 1. The van der Waals surface area contributed by atoms with Crippen molar-refractivity contribution in [2.24, 2.45) is 0 Å². The van der Waals surface area contributed by atoms with Gasteiger partial charge in [0.1, 0.15) is 5.69 Å². The summed E-state index contributed by atoms with van der Waals surface area (Å²) >= 11 is 1.46. The first kappa shape index (κ1) is 16.4. The summed E-state index contributed by atoms with van der Waals surface area (Å²) in [6, 6.07) is 9.38. The molecule has 0 saturated heterocycles. The Morgan fingerprint density at radius 3 is 2.74 bits per heavy atom. The number of benzene rings is 1. The summed E-state index contributed by atoms with van der Waals surface area (Å²) in [6.07, 6.45) is 2.79. The Morgan fingerprint density at radius 1 is 1.26 bits per heavy atom. The number of ether oxygens (including phenoxy) is 1. The average molecular weight is 332 g/mol. The Labute approximate surface area is 135 Å². The SMILES string of the molecule is O=C(COC(=O)/C=C/c1cccs1)Nc1ccccc1[N+](=O)[O-]. The van der Waals surface area contributed by atoms with Gasteiger partial charge in [0.25, 0.3) is 11.6 Å². The number of rotatable bonds is 6. The second-order valence-corrected chi connectivity index (χ2v) is 5.26. The highest BCUT2D eigenvalue weighted by atomic mass is 32.1. The number of carbonyl (C=O) groups excluding carboxylic acids is 2. The molecule has 1 heterocycles. The zero-order valence-electron chi connectivity index (χ0n) is 11.8. The number of esters is 1. The highest BCUT2D eigenvalue weighted by Crippen LogP contribution is 2.22. The molecule has 0 saturated carbocycles. The number of para-hydroxylation sites is 2. The standard InChI is InChI=1S/C15H12N2O5S/c18-14(16-12-5-1-2-6-13(12)17(20)21)10-22-15(19)8-7-11-4-3-9-23-11/h1-9H,10H2,(H,16,18)/b8-7+. The van der Waals surface area contributed by atoms with Gasteiger partial charge < -0.3 is 10.1 Å². The maximum absolute atomic E-state index is 11.7. The zero-order chi connectivity index (χ0) is 16.7. The van der Waals surface area contributed by atoms with E-state index >= 15 is 0 Å². The molecule has 0 aliphatic carbocycles. The molecule has 8 heteroatoms. The average Bonchev–Trinajstić information content (AvgIpc) is 3.04. The molecule has 2 aromatic rings. The van der Waals surface area contributed by atoms with E-state index in [4.69, 9.17) is 4.74 Å². The minimum absolute atomic E-state index is 0.0488. The first-order valence-electron chi connectivity index (χ1n) is 6.48. The quantitative estimate of drug-likeness (QED) is 0.379. The number of thiophene rings is 1. The summed E-state index contributed by atoms with van der Waals surface area (Å²) in [6.45, 7) is -0.528. The fourth-order valence-corrected chi connectivity index (χ4v) is 2.26. The number of amides is 1. The van der Waals surface area contributed by atoms with Crippen molar-refractivity contribution in [1.29, 1.82) is 0 Å². The molecule has 1 aromatic carbocycles. The predicted molar refractivity (Wildman–Crippen MR) is 86.0 cm³/mol. The van der Waals surface area contributed by atoms with Crippen LogP contribution in [0.5, 0.6) is 0 Å². The van der Waals surface area contributed by atoms with Gasteiger partial charge in [0.05, 0.1) is 4.92 Å². The minimum atomic E-state index is -0.670. The molecular formula is C15H12N2O5S. The molecule has 1 aromatic heterocycles. The lowest BCUT2D eigenvalue weighted by atomic mass is 10.2. The van der Waals surface area contributed by atoms with Gasteiger partial charge in [-0.2, -0.15) is 0 Å². The monoisotopic (exact) mass is 332 g/mol. The van der Waals surface area contributed by atoms with Crippen LogP contribution in [0, 0.1) is 10.1 Å². The van der Waals surface area contributed by atoms with E-state index in [0.717, 1.165) is 4.88 Å². The number of nitrogens with zero attached hydrogens (tertiary/aromatic N) is 1. The van der Waals surface area contributed by atoms with E-state index in [-0.39, 0.29) is 11.4 Å². The van der Waals surface area contributed by atoms with Crippen LogP contribution in [0.25, 0.3) is 6.08 Å². The number of nitrogens with one attached hydrogen (secondary N) is 1. The molecule has 23 heavy (non-hydrogen) atoms. The second-order valence-electron chi connectivity index (χ2n) is 4.28. The number of hydrogen-bond acceptors (Lipinski definition) is 6. The topological polar surface area (TPSA) is 98.5 Å². The van der Waals surface area contributed by atoms with Crippen LogP contribution in [0.3, 0.4) is 0 Å². The van der Waals surface area contributed by atoms with Crippen molar-refractivity contribution in [3.8, 4) is 0 Å². The Balaban J connectivity index is 1.86. The summed E-state index contributed by atoms with van der Waals surface area (Å²) in [5, 5.41) is 15.0. The summed E-state index contributed by atoms with van der Waals surface area (Å²) in [4.78, 5) is 34.3. The molecule has 7 nitrogen and oxygen atoms in total. The maximum Gasteiger partial charge on any atom is 0.331 e. The summed E-state index contributed by atoms with van der Waals surface area (Å²) < 4.78 is 4.77. The van der Waals surface area contributed by atoms with Crippen molar-refractivity contribution in [2.75, 3.05) is 11.9 Å². The van der Waals surface area contributed by atoms with Crippen LogP contribution < -0.4 is 5.32 Å². The largest absolute Gasteiger partial charge is 0.452 e. The van der Waals surface area contributed by atoms with Crippen LogP contribution in [0.1, 0.15) is 4.88 Å². The van der Waals surface area contributed by atoms with Gasteiger partial charge in [-0.1, -0.05) is 18.2 Å². The number of nitro benzene ring substituents is 1. The lowest BCUT2D eigenvalue weighted by molar-refractivity contribution is -0.383. The zero-order valence-corrected chi connectivity index (χ0v) is 12.6. The van der Waals surface area contributed by atoms with Gasteiger partial charge in [-0.15, -0.1) is 11.3 Å². The van der Waals surface area contributed by atoms with Crippen molar-refractivity contribution in [2.45, 2.75) is 0 Å². The molecule has 1 amide bonds. The predicted octanol–water partition coefficient (Wildman–Crippen LogP) is 2.85. The van der Waals surface area contributed by atoms with Crippen LogP contribution in [0.4, 0.5) is 11.4 Å². The van der Waals surface area contributed by atoms with Crippen LogP contribution in [0.15, 0.2) is 47.9 Å². The first-order chi connectivity index (χ1) is 11.1. The van der Waals surface area contributed by atoms with Gasteiger partial charge in [0.2, 0.25) is 0 Å². The molecule has 0 fully saturated rings. The lowest BCUT2D eigenvalue weighted by Gasteiger charge is -2.05. The third-order valence-electron chi connectivity index (χ3n) is 2.65. The molecule has 0 unspecified atom stereocenters. The third kappa shape index (κ3) is 5.04. The van der Waals surface area contributed by atoms with E-state index in [2.05, 4.69) is 5.32 Å². The van der Waals surface area contributed by atoms with Crippen molar-refractivity contribution >= 4 is 40.7 Å². The normalized spacial score (nSPS) is 10.4. The summed E-state index contributed by atoms with van der Waals surface area (Å²) in [5.41, 5.74) is -0.183. The molecule has 0 spiro atoms. The molecule has 0 aliphatic heterocycles. The molecule has 0 atom stereocenters. The third-order valence-corrected chi connectivity index (χ3v) is 3.48. The van der Waals surface area contributed by atoms with Gasteiger partial charge in [-0.05, 0) is 23.6 Å². The van der Waals surface area contributed by atoms with E-state index < -0.39 is 23.4 Å². The van der Waals surface area contributed by atoms with E-state index in [9.17, 15) is 19.7 Å². The number of hydrogen-bond donors (Lipinski definition) is 1. The Hall–Kier alpha value is -3.00. The van der Waals surface area contributed by atoms with Gasteiger partial charge in [-0.25, -0.2) is 4.79 Å². The highest BCUT2D eigenvalue weighted by Gasteiger charge is 2.15. The smallest absolute Gasteiger partial charge is 0.331 e. The molecule has 0 bridgehead atoms. The van der Waals surface area contributed by atoms with Crippen LogP contribution >= 0.6 is 11.3 Å². The highest BCUT2D eigenvalue weighted by molar-refractivity contribution is 7.10. The van der Waals surface area contributed by atoms with Gasteiger partial charge in [-0.3, -0.25) is 14.9 Å². The minimum Gasteiger partial charge on any atom is -0.452 e. The van der Waals surface area contributed by atoms with Crippen molar-refractivity contribution in [1.82, 2.24) is 0 Å². The molecular weight excluding hydrogens is 320 g/mol. The lowest BCUT2D eigenvalue weighted by Crippen LogP contribution is -2.20. The van der Waals surface area contributed by atoms with E-state index in [1.165, 1.54) is 35.6 Å². The summed E-state index contributed by atoms with van der Waals surface area (Å²) in [7, 11) is 0. The Kier molecular flexibility index (Phi) is 5.59. The Bertz CT molecular complexity index is 740. The molecule has 0 radical (unpaired) electrons. The van der Waals surface area contributed by atoms with E-state index in [1.807, 2.05) is 17.5 Å². The number of nitro groups is 1. The molecule has 2 rings (SSSR count). The molecule has 118 valence electrons. The summed E-state index contributed by atoms with van der Waals surface area (Å²) in [5.74, 6) is -1.33. The van der Waals surface area contributed by atoms with Crippen molar-refractivity contribution < 1.29 is 19.2 Å². The van der Waals surface area contributed by atoms with Crippen molar-refractivity contribution in [3.63, 3.8) is 0 Å². The fourth-order valence-electron chi connectivity index (χ4n) is 1.65. The Morgan fingerprint density at radius 2 is 2.04 bits per heavy atom. The van der Waals surface area contributed by atoms with E-state index in [0.29, 0.717) is 0 Å². The number of carbonyl (C=O) groups is 2. The molecule has 1 N–H and O–H groups in total. The van der Waals surface area contributed by atoms with Crippen LogP contribution in [-0.4, -0.2) is 23.4 Å². The second kappa shape index (κ2) is 7.85. The van der Waals surface area contributed by atoms with Gasteiger partial charge >= 0.3 is 5.97 Å². The maximum atomic E-state index is 11.7. The van der Waals surface area contributed by atoms with E-state index in [1.54, 1.807) is 12.1 Å². The molecule has 0 aliphatic rings. The van der Waals surface area contributed by atoms with Gasteiger partial charge in [0, 0.05) is 17.0 Å². The van der Waals surface area contributed by atoms with Crippen LogP contribution in [-0.2, 0) is 14.3 Å².